The van der Waals surface area contributed by atoms with E-state index in [1.807, 2.05) is 6.07 Å². The zero-order valence-corrected chi connectivity index (χ0v) is 13.9. The molecule has 3 aliphatic rings. The maximum Gasteiger partial charge on any atom is 0.354 e. The average Bonchev–Trinajstić information content (AvgIpc) is 3.52. The fourth-order valence-electron chi connectivity index (χ4n) is 3.61. The largest absolute Gasteiger partial charge is 0.477 e. The fraction of sp³-hybridized carbons (Fsp3) is 0.400. The zero-order chi connectivity index (χ0) is 17.0. The highest BCUT2D eigenvalue weighted by Gasteiger charge is 2.30. The topological polar surface area (TPSA) is 62.7 Å². The van der Waals surface area contributed by atoms with Gasteiger partial charge in [-0.3, -0.25) is 0 Å². The van der Waals surface area contributed by atoms with Crippen LogP contribution in [0.2, 0.25) is 0 Å². The standard InChI is InChI=1S/C20H20N2O3/c23-20(24)17-5-6-18-19(21-17)25-8-7-22(18)16-10-14(12-1-2-12)9-15(11-16)13-3-4-13/h5-6,9-13H,1-4,7-8H2,(H,23,24). The highest BCUT2D eigenvalue weighted by Crippen LogP contribution is 2.47. The predicted molar refractivity (Wildman–Crippen MR) is 94.1 cm³/mol. The van der Waals surface area contributed by atoms with Gasteiger partial charge in [-0.15, -0.1) is 0 Å². The average molecular weight is 336 g/mol. The highest BCUT2D eigenvalue weighted by molar-refractivity contribution is 5.86. The molecular weight excluding hydrogens is 316 g/mol. The summed E-state index contributed by atoms with van der Waals surface area (Å²) in [5.74, 6) is 0.808. The minimum absolute atomic E-state index is 0.0194. The second-order valence-corrected chi connectivity index (χ2v) is 7.23. The van der Waals surface area contributed by atoms with E-state index < -0.39 is 5.97 Å². The SMILES string of the molecule is O=C(O)c1ccc2c(n1)OCCN2c1cc(C2CC2)cc(C2CC2)c1. The molecule has 0 atom stereocenters. The van der Waals surface area contributed by atoms with Gasteiger partial charge in [0.25, 0.3) is 0 Å². The number of benzene rings is 1. The van der Waals surface area contributed by atoms with Crippen molar-refractivity contribution in [2.24, 2.45) is 0 Å². The summed E-state index contributed by atoms with van der Waals surface area (Å²) < 4.78 is 5.63. The van der Waals surface area contributed by atoms with Crippen molar-refractivity contribution in [3.05, 3.63) is 47.2 Å². The molecular formula is C20H20N2O3. The van der Waals surface area contributed by atoms with Gasteiger partial charge in [0, 0.05) is 5.69 Å². The van der Waals surface area contributed by atoms with Crippen LogP contribution < -0.4 is 9.64 Å². The van der Waals surface area contributed by atoms with E-state index in [9.17, 15) is 4.79 Å². The molecule has 2 aromatic rings. The molecule has 0 bridgehead atoms. The molecule has 5 nitrogen and oxygen atoms in total. The van der Waals surface area contributed by atoms with Crippen molar-refractivity contribution in [1.29, 1.82) is 0 Å². The molecule has 128 valence electrons. The van der Waals surface area contributed by atoms with E-state index in [0.29, 0.717) is 24.3 Å². The van der Waals surface area contributed by atoms with Gasteiger partial charge in [0.15, 0.2) is 5.69 Å². The predicted octanol–water partition coefficient (Wildman–Crippen LogP) is 4.07. The van der Waals surface area contributed by atoms with Crippen LogP contribution >= 0.6 is 0 Å². The van der Waals surface area contributed by atoms with Crippen molar-refractivity contribution in [3.8, 4) is 5.88 Å². The first kappa shape index (κ1) is 14.8. The monoisotopic (exact) mass is 336 g/mol. The lowest BCUT2D eigenvalue weighted by molar-refractivity contribution is 0.0689. The molecule has 0 radical (unpaired) electrons. The molecule has 2 saturated carbocycles. The van der Waals surface area contributed by atoms with Crippen molar-refractivity contribution in [1.82, 2.24) is 4.98 Å². The highest BCUT2D eigenvalue weighted by atomic mass is 16.5. The fourth-order valence-corrected chi connectivity index (χ4v) is 3.61. The number of hydrogen-bond donors (Lipinski definition) is 1. The molecule has 1 aromatic carbocycles. The van der Waals surface area contributed by atoms with Gasteiger partial charge < -0.3 is 14.7 Å². The van der Waals surface area contributed by atoms with Crippen LogP contribution in [0.25, 0.3) is 0 Å². The summed E-state index contributed by atoms with van der Waals surface area (Å²) in [4.78, 5) is 17.5. The van der Waals surface area contributed by atoms with Crippen LogP contribution in [0.5, 0.6) is 5.88 Å². The molecule has 5 rings (SSSR count). The molecule has 0 amide bonds. The molecule has 1 aromatic heterocycles. The lowest BCUT2D eigenvalue weighted by Gasteiger charge is -2.31. The van der Waals surface area contributed by atoms with Crippen molar-refractivity contribution >= 4 is 17.3 Å². The van der Waals surface area contributed by atoms with E-state index >= 15 is 0 Å². The van der Waals surface area contributed by atoms with Gasteiger partial charge in [0.1, 0.15) is 12.3 Å². The molecule has 2 aliphatic carbocycles. The third kappa shape index (κ3) is 2.73. The third-order valence-corrected chi connectivity index (χ3v) is 5.28. The van der Waals surface area contributed by atoms with Gasteiger partial charge in [-0.2, -0.15) is 0 Å². The van der Waals surface area contributed by atoms with E-state index in [-0.39, 0.29) is 5.69 Å². The summed E-state index contributed by atoms with van der Waals surface area (Å²) >= 11 is 0. The first-order valence-corrected chi connectivity index (χ1v) is 8.98. The number of carboxylic acid groups (broad SMARTS) is 1. The van der Waals surface area contributed by atoms with E-state index in [2.05, 4.69) is 28.1 Å². The van der Waals surface area contributed by atoms with E-state index in [4.69, 9.17) is 9.84 Å². The third-order valence-electron chi connectivity index (χ3n) is 5.28. The van der Waals surface area contributed by atoms with Crippen LogP contribution in [0.1, 0.15) is 59.1 Å². The number of rotatable bonds is 4. The number of carbonyl (C=O) groups is 1. The van der Waals surface area contributed by atoms with Crippen LogP contribution in [0.15, 0.2) is 30.3 Å². The van der Waals surface area contributed by atoms with Crippen LogP contribution in [-0.2, 0) is 0 Å². The Morgan fingerprint density at radius 3 is 2.36 bits per heavy atom. The lowest BCUT2D eigenvalue weighted by atomic mass is 10.0. The number of aromatic nitrogens is 1. The van der Waals surface area contributed by atoms with Gasteiger partial charge in [0.2, 0.25) is 5.88 Å². The number of anilines is 2. The maximum absolute atomic E-state index is 11.2. The molecule has 1 N–H and O–H groups in total. The van der Waals surface area contributed by atoms with Crippen LogP contribution in [0.3, 0.4) is 0 Å². The second-order valence-electron chi connectivity index (χ2n) is 7.23. The van der Waals surface area contributed by atoms with Crippen LogP contribution in [0, 0.1) is 0 Å². The smallest absolute Gasteiger partial charge is 0.354 e. The normalized spacial score (nSPS) is 19.3. The first-order chi connectivity index (χ1) is 12.2. The first-order valence-electron chi connectivity index (χ1n) is 8.98. The minimum Gasteiger partial charge on any atom is -0.477 e. The van der Waals surface area contributed by atoms with Crippen molar-refractivity contribution in [2.45, 2.75) is 37.5 Å². The van der Waals surface area contributed by atoms with Crippen molar-refractivity contribution in [3.63, 3.8) is 0 Å². The number of fused-ring (bicyclic) bond motifs is 1. The van der Waals surface area contributed by atoms with Crippen LogP contribution in [0.4, 0.5) is 11.4 Å². The Bertz CT molecular complexity index is 826. The summed E-state index contributed by atoms with van der Waals surface area (Å²) in [6.07, 6.45) is 5.15. The molecule has 0 saturated heterocycles. The molecule has 25 heavy (non-hydrogen) atoms. The Kier molecular flexibility index (Phi) is 3.23. The van der Waals surface area contributed by atoms with Gasteiger partial charge in [-0.25, -0.2) is 9.78 Å². The zero-order valence-electron chi connectivity index (χ0n) is 13.9. The van der Waals surface area contributed by atoms with Crippen molar-refractivity contribution < 1.29 is 14.6 Å². The number of hydrogen-bond acceptors (Lipinski definition) is 4. The minimum atomic E-state index is -1.03. The van der Waals surface area contributed by atoms with Gasteiger partial charge in [-0.1, -0.05) is 6.07 Å². The maximum atomic E-state index is 11.2. The molecule has 2 fully saturated rings. The van der Waals surface area contributed by atoms with Gasteiger partial charge in [0.05, 0.1) is 6.54 Å². The second kappa shape index (κ2) is 5.48. The molecule has 0 spiro atoms. The Morgan fingerprint density at radius 2 is 1.76 bits per heavy atom. The summed E-state index contributed by atoms with van der Waals surface area (Å²) in [5, 5.41) is 9.15. The summed E-state index contributed by atoms with van der Waals surface area (Å²) in [7, 11) is 0. The van der Waals surface area contributed by atoms with Crippen LogP contribution in [-0.4, -0.2) is 29.2 Å². The summed E-state index contributed by atoms with van der Waals surface area (Å²) in [6, 6.07) is 10.3. The molecule has 1 aliphatic heterocycles. The van der Waals surface area contributed by atoms with Crippen molar-refractivity contribution in [2.75, 3.05) is 18.1 Å². The number of carboxylic acids is 1. The van der Waals surface area contributed by atoms with E-state index in [1.165, 1.54) is 42.5 Å². The molecule has 2 heterocycles. The lowest BCUT2D eigenvalue weighted by Crippen LogP contribution is -2.29. The molecule has 5 heteroatoms. The summed E-state index contributed by atoms with van der Waals surface area (Å²) in [6.45, 7) is 1.26. The molecule has 0 unspecified atom stereocenters. The Labute approximate surface area is 146 Å². The quantitative estimate of drug-likeness (QED) is 0.912. The summed E-state index contributed by atoms with van der Waals surface area (Å²) in [5.41, 5.74) is 4.95. The number of ether oxygens (including phenoxy) is 1. The number of nitrogens with zero attached hydrogens (tertiary/aromatic N) is 2. The van der Waals surface area contributed by atoms with E-state index in [0.717, 1.165) is 12.2 Å². The van der Waals surface area contributed by atoms with Gasteiger partial charge in [-0.05, 0) is 72.9 Å². The number of aromatic carboxylic acids is 1. The van der Waals surface area contributed by atoms with Gasteiger partial charge >= 0.3 is 5.97 Å². The Balaban J connectivity index is 1.57. The van der Waals surface area contributed by atoms with E-state index in [1.54, 1.807) is 6.07 Å². The Hall–Kier alpha value is -2.56. The number of pyridine rings is 1. The Morgan fingerprint density at radius 1 is 1.08 bits per heavy atom.